The number of rotatable bonds is 9. The highest BCUT2D eigenvalue weighted by Crippen LogP contribution is 2.39. The third kappa shape index (κ3) is 4.51. The van der Waals surface area contributed by atoms with Crippen molar-refractivity contribution in [1.29, 1.82) is 0 Å². The molecule has 9 heteroatoms. The molecule has 0 saturated carbocycles. The number of nitrogens with zero attached hydrogens (tertiary/aromatic N) is 2. The van der Waals surface area contributed by atoms with Gasteiger partial charge in [0.25, 0.3) is 5.91 Å². The summed E-state index contributed by atoms with van der Waals surface area (Å²) >= 11 is 0. The number of fused-ring (bicyclic) bond motifs is 2. The van der Waals surface area contributed by atoms with Crippen LogP contribution in [0.2, 0.25) is 0 Å². The van der Waals surface area contributed by atoms with Gasteiger partial charge in [-0.05, 0) is 56.9 Å². The number of amides is 3. The summed E-state index contributed by atoms with van der Waals surface area (Å²) < 4.78 is 11.4. The number of ketones is 1. The molecule has 1 saturated heterocycles. The molecule has 9 nitrogen and oxygen atoms in total. The Balaban J connectivity index is 1.44. The molecule has 0 spiro atoms. The van der Waals surface area contributed by atoms with Crippen LogP contribution in [-0.4, -0.2) is 67.6 Å². The zero-order valence-electron chi connectivity index (χ0n) is 21.1. The van der Waals surface area contributed by atoms with Crippen LogP contribution in [0.5, 0.6) is 5.75 Å². The summed E-state index contributed by atoms with van der Waals surface area (Å²) in [4.78, 5) is 55.1. The van der Waals surface area contributed by atoms with Gasteiger partial charge in [-0.1, -0.05) is 18.2 Å². The van der Waals surface area contributed by atoms with Gasteiger partial charge >= 0.3 is 0 Å². The van der Waals surface area contributed by atoms with Gasteiger partial charge in [-0.3, -0.25) is 24.5 Å². The molecule has 5 rings (SSSR count). The van der Waals surface area contributed by atoms with E-state index < -0.39 is 17.2 Å². The van der Waals surface area contributed by atoms with Crippen molar-refractivity contribution in [3.63, 3.8) is 0 Å². The summed E-state index contributed by atoms with van der Waals surface area (Å²) in [5.41, 5.74) is 0.968. The van der Waals surface area contributed by atoms with E-state index in [1.165, 1.54) is 7.11 Å². The minimum Gasteiger partial charge on any atom is -0.497 e. The Morgan fingerprint density at radius 3 is 2.65 bits per heavy atom. The molecule has 0 unspecified atom stereocenters. The van der Waals surface area contributed by atoms with E-state index in [2.05, 4.69) is 5.32 Å². The number of nitrogens with one attached hydrogen (secondary N) is 1. The van der Waals surface area contributed by atoms with Gasteiger partial charge in [-0.25, -0.2) is 0 Å². The van der Waals surface area contributed by atoms with Gasteiger partial charge in [-0.15, -0.1) is 0 Å². The number of carbonyl (C=O) groups is 4. The van der Waals surface area contributed by atoms with E-state index in [0.29, 0.717) is 46.6 Å². The Labute approximate surface area is 214 Å². The van der Waals surface area contributed by atoms with Crippen LogP contribution >= 0.6 is 0 Å². The molecule has 37 heavy (non-hydrogen) atoms. The van der Waals surface area contributed by atoms with Crippen molar-refractivity contribution in [2.75, 3.05) is 34.3 Å². The second kappa shape index (κ2) is 9.48. The first-order valence-corrected chi connectivity index (χ1v) is 12.2. The van der Waals surface area contributed by atoms with Gasteiger partial charge in [0.1, 0.15) is 22.5 Å². The lowest BCUT2D eigenvalue weighted by Gasteiger charge is -2.28. The van der Waals surface area contributed by atoms with Crippen LogP contribution in [0.1, 0.15) is 51.3 Å². The Bertz CT molecular complexity index is 1420. The van der Waals surface area contributed by atoms with Crippen molar-refractivity contribution in [2.24, 2.45) is 0 Å². The van der Waals surface area contributed by atoms with Gasteiger partial charge in [0.2, 0.25) is 11.8 Å². The molecule has 3 aromatic rings. The maximum Gasteiger partial charge on any atom is 0.254 e. The van der Waals surface area contributed by atoms with Crippen molar-refractivity contribution in [3.8, 4) is 5.75 Å². The van der Waals surface area contributed by atoms with Gasteiger partial charge in [0, 0.05) is 36.0 Å². The molecule has 3 heterocycles. The molecule has 1 N–H and O–H groups in total. The summed E-state index contributed by atoms with van der Waals surface area (Å²) in [5, 5.41) is 3.10. The third-order valence-electron chi connectivity index (χ3n) is 7.13. The summed E-state index contributed by atoms with van der Waals surface area (Å²) in [6.07, 6.45) is 1.03. The minimum absolute atomic E-state index is 0.0149. The summed E-state index contributed by atoms with van der Waals surface area (Å²) in [6, 6.07) is 12.2. The number of Topliss-reactive ketones (excluding diaryl/α,β-unsaturated/α-hetero) is 1. The van der Waals surface area contributed by atoms with E-state index in [9.17, 15) is 19.2 Å². The second-order valence-corrected chi connectivity index (χ2v) is 10.0. The van der Waals surface area contributed by atoms with Crippen molar-refractivity contribution in [1.82, 2.24) is 15.1 Å². The highest BCUT2D eigenvalue weighted by atomic mass is 16.5. The van der Waals surface area contributed by atoms with Crippen molar-refractivity contribution < 1.29 is 28.3 Å². The molecule has 0 bridgehead atoms. The molecule has 1 aromatic heterocycles. The average molecular weight is 504 g/mol. The van der Waals surface area contributed by atoms with E-state index in [4.69, 9.17) is 9.15 Å². The lowest BCUT2D eigenvalue weighted by molar-refractivity contribution is -0.127. The quantitative estimate of drug-likeness (QED) is 0.353. The van der Waals surface area contributed by atoms with E-state index in [1.54, 1.807) is 41.3 Å². The number of hydrogen-bond donors (Lipinski definition) is 1. The number of benzene rings is 2. The highest BCUT2D eigenvalue weighted by molar-refractivity contribution is 6.10. The Kier molecular flexibility index (Phi) is 6.33. The molecule has 192 valence electrons. The van der Waals surface area contributed by atoms with Gasteiger partial charge in [0.15, 0.2) is 5.78 Å². The monoisotopic (exact) mass is 503 g/mol. The standard InChI is InChI=1S/C28H29N3O6/c1-30(2)10-4-5-22(32)17-6-7-18-12-24(37-23(18)11-17)28(14-25(33)29-27(28)35)16-31-15-19-8-9-20(36-3)13-21(19)26(31)34/h6-9,11-13H,4-5,10,14-16H2,1-3H3,(H,29,33,35)/t28-/m1/s1. The summed E-state index contributed by atoms with van der Waals surface area (Å²) in [7, 11) is 5.46. The van der Waals surface area contributed by atoms with Gasteiger partial charge in [0.05, 0.1) is 13.5 Å². The first-order valence-electron chi connectivity index (χ1n) is 12.2. The fraction of sp³-hybridized carbons (Fsp3) is 0.357. The number of ether oxygens (including phenoxy) is 1. The maximum atomic E-state index is 13.2. The summed E-state index contributed by atoms with van der Waals surface area (Å²) in [5.74, 6) is -0.277. The van der Waals surface area contributed by atoms with Crippen LogP contribution < -0.4 is 10.1 Å². The number of carbonyl (C=O) groups excluding carboxylic acids is 4. The van der Waals surface area contributed by atoms with Gasteiger partial charge < -0.3 is 19.0 Å². The van der Waals surface area contributed by atoms with Crippen LogP contribution in [0.15, 0.2) is 46.9 Å². The topological polar surface area (TPSA) is 109 Å². The number of hydrogen-bond acceptors (Lipinski definition) is 7. The van der Waals surface area contributed by atoms with Crippen molar-refractivity contribution in [2.45, 2.75) is 31.2 Å². The lowest BCUT2D eigenvalue weighted by atomic mass is 9.82. The second-order valence-electron chi connectivity index (χ2n) is 10.0. The van der Waals surface area contributed by atoms with Crippen LogP contribution in [0, 0.1) is 0 Å². The molecule has 3 amide bonds. The summed E-state index contributed by atoms with van der Waals surface area (Å²) in [6.45, 7) is 1.11. The lowest BCUT2D eigenvalue weighted by Crippen LogP contribution is -2.46. The zero-order chi connectivity index (χ0) is 26.3. The number of imide groups is 1. The molecule has 2 aliphatic rings. The molecular weight excluding hydrogens is 474 g/mol. The van der Waals surface area contributed by atoms with E-state index in [1.807, 2.05) is 25.1 Å². The third-order valence-corrected chi connectivity index (χ3v) is 7.13. The van der Waals surface area contributed by atoms with Crippen LogP contribution in [0.3, 0.4) is 0 Å². The Morgan fingerprint density at radius 2 is 1.95 bits per heavy atom. The van der Waals surface area contributed by atoms with E-state index >= 15 is 0 Å². The first kappa shape index (κ1) is 24.7. The Morgan fingerprint density at radius 1 is 1.14 bits per heavy atom. The van der Waals surface area contributed by atoms with Crippen LogP contribution in [0.4, 0.5) is 0 Å². The van der Waals surface area contributed by atoms with Crippen molar-refractivity contribution in [3.05, 3.63) is 64.9 Å². The SMILES string of the molecule is COc1ccc2c(c1)C(=O)N(C[C@@]1(c3cc4ccc(C(=O)CCCN(C)C)cc4o3)CC(=O)NC1=O)C2. The molecular formula is C28H29N3O6. The normalized spacial score (nSPS) is 19.1. The highest BCUT2D eigenvalue weighted by Gasteiger charge is 2.53. The number of methoxy groups -OCH3 is 1. The molecule has 2 aliphatic heterocycles. The number of furan rings is 1. The minimum atomic E-state index is -1.37. The van der Waals surface area contributed by atoms with Crippen LogP contribution in [-0.2, 0) is 21.5 Å². The van der Waals surface area contributed by atoms with Crippen molar-refractivity contribution >= 4 is 34.5 Å². The maximum absolute atomic E-state index is 13.2. The van der Waals surface area contributed by atoms with E-state index in [0.717, 1.165) is 18.5 Å². The fourth-order valence-corrected chi connectivity index (χ4v) is 5.11. The predicted octanol–water partition coefficient (Wildman–Crippen LogP) is 2.91. The van der Waals surface area contributed by atoms with Gasteiger partial charge in [-0.2, -0.15) is 0 Å². The predicted molar refractivity (Wildman–Crippen MR) is 136 cm³/mol. The zero-order valence-corrected chi connectivity index (χ0v) is 21.1. The van der Waals surface area contributed by atoms with Crippen LogP contribution in [0.25, 0.3) is 11.0 Å². The molecule has 1 atom stereocenters. The molecule has 0 radical (unpaired) electrons. The fourth-order valence-electron chi connectivity index (χ4n) is 5.11. The van der Waals surface area contributed by atoms with E-state index in [-0.39, 0.29) is 24.7 Å². The smallest absolute Gasteiger partial charge is 0.254 e. The molecule has 0 aliphatic carbocycles. The molecule has 2 aromatic carbocycles. The first-order chi connectivity index (χ1) is 17.7. The average Bonchev–Trinajstić information content (AvgIpc) is 3.52. The largest absolute Gasteiger partial charge is 0.497 e. The molecule has 1 fully saturated rings. The Hall–Kier alpha value is -3.98.